The van der Waals surface area contributed by atoms with Crippen molar-refractivity contribution in [3.63, 3.8) is 0 Å². The van der Waals surface area contributed by atoms with Gasteiger partial charge in [0.15, 0.2) is 11.5 Å². The molecule has 0 saturated carbocycles. The van der Waals surface area contributed by atoms with Crippen molar-refractivity contribution in [1.29, 1.82) is 0 Å². The van der Waals surface area contributed by atoms with Crippen LogP contribution in [-0.4, -0.2) is 46.4 Å². The Morgan fingerprint density at radius 3 is 2.34 bits per heavy atom. The van der Waals surface area contributed by atoms with E-state index >= 15 is 0 Å². The zero-order valence-corrected chi connectivity index (χ0v) is 21.6. The van der Waals surface area contributed by atoms with Gasteiger partial charge in [0, 0.05) is 0 Å². The number of nitrogens with one attached hydrogen (secondary N) is 1. The summed E-state index contributed by atoms with van der Waals surface area (Å²) in [6.07, 6.45) is 1.34. The van der Waals surface area contributed by atoms with Gasteiger partial charge in [0.25, 0.3) is 15.9 Å². The minimum Gasteiger partial charge on any atom is -0.503 e. The lowest BCUT2D eigenvalue weighted by molar-refractivity contribution is -0.119. The fourth-order valence-corrected chi connectivity index (χ4v) is 4.95. The second kappa shape index (κ2) is 11.2. The van der Waals surface area contributed by atoms with Crippen molar-refractivity contribution in [2.24, 2.45) is 5.10 Å². The highest BCUT2D eigenvalue weighted by molar-refractivity contribution is 9.10. The van der Waals surface area contributed by atoms with Crippen LogP contribution >= 0.6 is 15.9 Å². The van der Waals surface area contributed by atoms with Gasteiger partial charge in [-0.1, -0.05) is 17.7 Å². The number of hydrogen-bond acceptors (Lipinski definition) is 7. The SMILES string of the molecule is COc1ccc(N(CC(=O)N/N=C\c2cc(Br)c(O)c(OC)c2)S(=O)(=O)c2ccc(C)cc2)cc1. The van der Waals surface area contributed by atoms with Crippen molar-refractivity contribution >= 4 is 43.8 Å². The van der Waals surface area contributed by atoms with Crippen molar-refractivity contribution < 1.29 is 27.8 Å². The molecule has 0 fully saturated rings. The number of hydrazone groups is 1. The number of phenolic OH excluding ortho intramolecular Hbond substituents is 1. The number of carbonyl (C=O) groups is 1. The summed E-state index contributed by atoms with van der Waals surface area (Å²) in [6, 6.07) is 15.8. The minimum absolute atomic E-state index is 0.0521. The van der Waals surface area contributed by atoms with E-state index in [0.717, 1.165) is 9.87 Å². The maximum atomic E-state index is 13.4. The summed E-state index contributed by atoms with van der Waals surface area (Å²) in [7, 11) is -1.14. The summed E-state index contributed by atoms with van der Waals surface area (Å²) in [4.78, 5) is 12.7. The number of methoxy groups -OCH3 is 2. The second-order valence-corrected chi connectivity index (χ2v) is 10.1. The molecule has 0 bridgehead atoms. The highest BCUT2D eigenvalue weighted by Gasteiger charge is 2.27. The second-order valence-electron chi connectivity index (χ2n) is 7.37. The Labute approximate surface area is 212 Å². The van der Waals surface area contributed by atoms with Gasteiger partial charge in [-0.2, -0.15) is 5.10 Å². The molecule has 0 atom stereocenters. The average molecular weight is 562 g/mol. The van der Waals surface area contributed by atoms with E-state index in [1.54, 1.807) is 42.5 Å². The molecule has 0 aliphatic carbocycles. The van der Waals surface area contributed by atoms with Crippen molar-refractivity contribution in [3.05, 3.63) is 76.3 Å². The number of amides is 1. The van der Waals surface area contributed by atoms with Crippen LogP contribution < -0.4 is 19.2 Å². The van der Waals surface area contributed by atoms with Crippen LogP contribution in [0.3, 0.4) is 0 Å². The first-order chi connectivity index (χ1) is 16.6. The van der Waals surface area contributed by atoms with Gasteiger partial charge < -0.3 is 14.6 Å². The smallest absolute Gasteiger partial charge is 0.264 e. The molecule has 3 aromatic carbocycles. The molecule has 0 aromatic heterocycles. The van der Waals surface area contributed by atoms with E-state index in [2.05, 4.69) is 26.5 Å². The highest BCUT2D eigenvalue weighted by atomic mass is 79.9. The third-order valence-corrected chi connectivity index (χ3v) is 7.32. The summed E-state index contributed by atoms with van der Waals surface area (Å²) in [5.41, 5.74) is 4.07. The van der Waals surface area contributed by atoms with Crippen molar-refractivity contribution in [2.75, 3.05) is 25.1 Å². The molecule has 0 radical (unpaired) electrons. The average Bonchev–Trinajstić information content (AvgIpc) is 2.85. The Hall–Kier alpha value is -3.57. The molecule has 0 heterocycles. The number of ether oxygens (including phenoxy) is 2. The van der Waals surface area contributed by atoms with Crippen LogP contribution in [0.5, 0.6) is 17.2 Å². The number of carbonyl (C=O) groups excluding carboxylic acids is 1. The number of aryl methyl sites for hydroxylation is 1. The Kier molecular flexibility index (Phi) is 8.36. The van der Waals surface area contributed by atoms with Crippen LogP contribution in [0.2, 0.25) is 0 Å². The number of rotatable bonds is 9. The molecule has 184 valence electrons. The Bertz CT molecular complexity index is 1330. The lowest BCUT2D eigenvalue weighted by Gasteiger charge is -2.24. The zero-order chi connectivity index (χ0) is 25.6. The number of anilines is 1. The maximum absolute atomic E-state index is 13.4. The molecule has 0 unspecified atom stereocenters. The number of sulfonamides is 1. The monoisotopic (exact) mass is 561 g/mol. The number of phenols is 1. The van der Waals surface area contributed by atoms with Crippen LogP contribution in [0.1, 0.15) is 11.1 Å². The first-order valence-corrected chi connectivity index (χ1v) is 12.5. The molecule has 0 saturated heterocycles. The van der Waals surface area contributed by atoms with Gasteiger partial charge in [-0.25, -0.2) is 13.8 Å². The van der Waals surface area contributed by atoms with E-state index in [1.807, 2.05) is 6.92 Å². The van der Waals surface area contributed by atoms with Gasteiger partial charge in [0.2, 0.25) is 0 Å². The molecule has 3 rings (SSSR count). The number of nitrogens with zero attached hydrogens (tertiary/aromatic N) is 2. The fraction of sp³-hybridized carbons (Fsp3) is 0.167. The van der Waals surface area contributed by atoms with Crippen molar-refractivity contribution in [3.8, 4) is 17.2 Å². The number of hydrogen-bond donors (Lipinski definition) is 2. The highest BCUT2D eigenvalue weighted by Crippen LogP contribution is 2.34. The van der Waals surface area contributed by atoms with Crippen LogP contribution in [-0.2, 0) is 14.8 Å². The Balaban J connectivity index is 1.84. The summed E-state index contributed by atoms with van der Waals surface area (Å²) in [5, 5.41) is 13.8. The topological polar surface area (TPSA) is 118 Å². The number of aromatic hydroxyl groups is 1. The molecule has 0 aliphatic rings. The molecular formula is C24H24BrN3O6S. The number of halogens is 1. The van der Waals surface area contributed by atoms with Crippen LogP contribution in [0.25, 0.3) is 0 Å². The quantitative estimate of drug-likeness (QED) is 0.303. The van der Waals surface area contributed by atoms with Crippen LogP contribution in [0.4, 0.5) is 5.69 Å². The molecule has 0 spiro atoms. The van der Waals surface area contributed by atoms with Crippen molar-refractivity contribution in [1.82, 2.24) is 5.43 Å². The lowest BCUT2D eigenvalue weighted by Crippen LogP contribution is -2.39. The van der Waals surface area contributed by atoms with E-state index < -0.39 is 22.5 Å². The Morgan fingerprint density at radius 1 is 1.09 bits per heavy atom. The molecule has 11 heteroatoms. The fourth-order valence-electron chi connectivity index (χ4n) is 3.07. The molecule has 3 aromatic rings. The normalized spacial score (nSPS) is 11.3. The third kappa shape index (κ3) is 6.31. The molecule has 0 aliphatic heterocycles. The lowest BCUT2D eigenvalue weighted by atomic mass is 10.2. The van der Waals surface area contributed by atoms with E-state index in [4.69, 9.17) is 9.47 Å². The standard InChI is InChI=1S/C24H24BrN3O6S/c1-16-4-10-20(11-5-16)35(31,32)28(18-6-8-19(33-2)9-7-18)15-23(29)27-26-14-17-12-21(25)24(30)22(13-17)34-3/h4-14,30H,15H2,1-3H3,(H,27,29)/b26-14-. The van der Waals surface area contributed by atoms with E-state index in [0.29, 0.717) is 15.8 Å². The zero-order valence-electron chi connectivity index (χ0n) is 19.2. The van der Waals surface area contributed by atoms with Gasteiger partial charge in [-0.3, -0.25) is 9.10 Å². The minimum atomic E-state index is -4.05. The van der Waals surface area contributed by atoms with Gasteiger partial charge in [0.05, 0.1) is 35.5 Å². The summed E-state index contributed by atoms with van der Waals surface area (Å²) >= 11 is 3.21. The molecular weight excluding hydrogens is 538 g/mol. The first kappa shape index (κ1) is 26.0. The first-order valence-electron chi connectivity index (χ1n) is 10.3. The molecule has 35 heavy (non-hydrogen) atoms. The maximum Gasteiger partial charge on any atom is 0.264 e. The predicted octanol–water partition coefficient (Wildman–Crippen LogP) is 3.83. The molecule has 2 N–H and O–H groups in total. The largest absolute Gasteiger partial charge is 0.503 e. The Morgan fingerprint density at radius 2 is 1.74 bits per heavy atom. The van der Waals surface area contributed by atoms with Gasteiger partial charge in [-0.15, -0.1) is 0 Å². The van der Waals surface area contributed by atoms with Gasteiger partial charge in [-0.05, 0) is 76.9 Å². The van der Waals surface area contributed by atoms with Crippen molar-refractivity contribution in [2.45, 2.75) is 11.8 Å². The van der Waals surface area contributed by atoms with E-state index in [9.17, 15) is 18.3 Å². The van der Waals surface area contributed by atoms with Crippen LogP contribution in [0, 0.1) is 6.92 Å². The summed E-state index contributed by atoms with van der Waals surface area (Å²) in [5.74, 6) is 0.0516. The molecule has 9 nitrogen and oxygen atoms in total. The third-order valence-electron chi connectivity index (χ3n) is 4.93. The van der Waals surface area contributed by atoms with E-state index in [1.165, 1.54) is 38.6 Å². The summed E-state index contributed by atoms with van der Waals surface area (Å²) in [6.45, 7) is 1.34. The number of benzene rings is 3. The van der Waals surface area contributed by atoms with E-state index in [-0.39, 0.29) is 22.1 Å². The van der Waals surface area contributed by atoms with Gasteiger partial charge >= 0.3 is 0 Å². The predicted molar refractivity (Wildman–Crippen MR) is 137 cm³/mol. The summed E-state index contributed by atoms with van der Waals surface area (Å²) < 4.78 is 38.4. The molecule has 1 amide bonds. The van der Waals surface area contributed by atoms with Gasteiger partial charge in [0.1, 0.15) is 12.3 Å². The van der Waals surface area contributed by atoms with Crippen LogP contribution in [0.15, 0.2) is 75.1 Å².